The van der Waals surface area contributed by atoms with Gasteiger partial charge in [-0.05, 0) is 57.2 Å². The predicted molar refractivity (Wildman–Crippen MR) is 138 cm³/mol. The van der Waals surface area contributed by atoms with Gasteiger partial charge in [-0.2, -0.15) is 5.01 Å². The van der Waals surface area contributed by atoms with E-state index >= 15 is 0 Å². The molecule has 10 nitrogen and oxygen atoms in total. The Labute approximate surface area is 223 Å². The van der Waals surface area contributed by atoms with Crippen LogP contribution < -0.4 is 19.9 Å². The van der Waals surface area contributed by atoms with Crippen molar-refractivity contribution < 1.29 is 27.8 Å². The van der Waals surface area contributed by atoms with Gasteiger partial charge in [0.2, 0.25) is 11.8 Å². The van der Waals surface area contributed by atoms with Gasteiger partial charge >= 0.3 is 6.09 Å². The Morgan fingerprint density at radius 2 is 1.41 bits per heavy atom. The summed E-state index contributed by atoms with van der Waals surface area (Å²) >= 11 is 0. The SMILES string of the molecule is CC(C)(C)OC(=O)N(Nc1ccc(F)c(COc2cnccn2)c1)c1ccc(F)c(COc2cnccn2)c1. The summed E-state index contributed by atoms with van der Waals surface area (Å²) in [6.45, 7) is 4.85. The summed E-state index contributed by atoms with van der Waals surface area (Å²) < 4.78 is 45.7. The Kier molecular flexibility index (Phi) is 8.44. The van der Waals surface area contributed by atoms with E-state index in [0.717, 1.165) is 5.01 Å². The van der Waals surface area contributed by atoms with E-state index in [9.17, 15) is 13.6 Å². The lowest BCUT2D eigenvalue weighted by Gasteiger charge is -2.28. The van der Waals surface area contributed by atoms with Crippen LogP contribution in [0, 0.1) is 11.6 Å². The maximum atomic E-state index is 14.6. The number of carbonyl (C=O) groups is 1. The van der Waals surface area contributed by atoms with Crippen LogP contribution in [0.15, 0.2) is 73.6 Å². The largest absolute Gasteiger partial charge is 0.472 e. The molecule has 0 unspecified atom stereocenters. The minimum atomic E-state index is -0.826. The van der Waals surface area contributed by atoms with Gasteiger partial charge in [0, 0.05) is 35.9 Å². The molecule has 0 fully saturated rings. The number of hydrazine groups is 1. The molecule has 12 heteroatoms. The predicted octanol–water partition coefficient (Wildman–Crippen LogP) is 5.47. The number of ether oxygens (including phenoxy) is 3. The van der Waals surface area contributed by atoms with E-state index in [1.807, 2.05) is 0 Å². The number of aromatic nitrogens is 4. The van der Waals surface area contributed by atoms with Crippen LogP contribution in [-0.4, -0.2) is 31.6 Å². The van der Waals surface area contributed by atoms with Crippen molar-refractivity contribution >= 4 is 17.5 Å². The number of hydrogen-bond donors (Lipinski definition) is 1. The van der Waals surface area contributed by atoms with E-state index in [1.165, 1.54) is 73.6 Å². The molecule has 0 radical (unpaired) electrons. The molecule has 0 aliphatic heterocycles. The molecule has 0 spiro atoms. The molecule has 1 amide bonds. The van der Waals surface area contributed by atoms with Crippen molar-refractivity contribution in [3.05, 3.63) is 96.3 Å². The Balaban J connectivity index is 1.58. The molecule has 1 N–H and O–H groups in total. The molecular formula is C27H26F2N6O4. The first-order valence-corrected chi connectivity index (χ1v) is 11.8. The number of carbonyl (C=O) groups excluding carboxylic acids is 1. The summed E-state index contributed by atoms with van der Waals surface area (Å²) in [7, 11) is 0. The normalized spacial score (nSPS) is 11.0. The number of amides is 1. The van der Waals surface area contributed by atoms with Crippen LogP contribution >= 0.6 is 0 Å². The molecule has 202 valence electrons. The lowest BCUT2D eigenvalue weighted by atomic mass is 10.2. The molecule has 2 aromatic heterocycles. The number of nitrogens with one attached hydrogen (secondary N) is 1. The number of hydrogen-bond acceptors (Lipinski definition) is 9. The van der Waals surface area contributed by atoms with Crippen LogP contribution in [0.5, 0.6) is 11.8 Å². The van der Waals surface area contributed by atoms with Gasteiger partial charge in [0.05, 0.1) is 23.8 Å². The Hall–Kier alpha value is -4.87. The zero-order valence-corrected chi connectivity index (χ0v) is 21.5. The van der Waals surface area contributed by atoms with E-state index in [2.05, 4.69) is 25.4 Å². The third-order valence-corrected chi connectivity index (χ3v) is 4.98. The lowest BCUT2D eigenvalue weighted by Crippen LogP contribution is -2.40. The zero-order chi connectivity index (χ0) is 27.8. The van der Waals surface area contributed by atoms with E-state index < -0.39 is 23.3 Å². The monoisotopic (exact) mass is 536 g/mol. The maximum absolute atomic E-state index is 14.6. The molecule has 0 saturated carbocycles. The number of halogens is 2. The van der Waals surface area contributed by atoms with Gasteiger partial charge in [-0.25, -0.2) is 23.5 Å². The lowest BCUT2D eigenvalue weighted by molar-refractivity contribution is 0.0589. The second-order valence-electron chi connectivity index (χ2n) is 9.17. The Morgan fingerprint density at radius 3 is 1.95 bits per heavy atom. The van der Waals surface area contributed by atoms with Crippen LogP contribution in [0.1, 0.15) is 31.9 Å². The van der Waals surface area contributed by atoms with Gasteiger partial charge in [-0.15, -0.1) is 0 Å². The minimum absolute atomic E-state index is 0.132. The van der Waals surface area contributed by atoms with Crippen molar-refractivity contribution in [2.45, 2.75) is 39.6 Å². The molecule has 0 saturated heterocycles. The van der Waals surface area contributed by atoms with Crippen molar-refractivity contribution in [3.63, 3.8) is 0 Å². The van der Waals surface area contributed by atoms with Crippen LogP contribution in [0.3, 0.4) is 0 Å². The molecule has 4 aromatic rings. The standard InChI is InChI=1S/C27H26F2N6O4/c1-27(2,3)39-26(36)35(21-5-7-23(29)19(13-21)17-38-25-15-31-9-11-33-25)34-20-4-6-22(28)18(12-20)16-37-24-14-30-8-10-32-24/h4-15,34H,16-17H2,1-3H3. The quantitative estimate of drug-likeness (QED) is 0.278. The molecule has 0 aliphatic rings. The Bertz CT molecular complexity index is 1400. The van der Waals surface area contributed by atoms with Gasteiger partial charge in [0.1, 0.15) is 30.4 Å². The van der Waals surface area contributed by atoms with Crippen LogP contribution in [-0.2, 0) is 18.0 Å². The highest BCUT2D eigenvalue weighted by Crippen LogP contribution is 2.25. The summed E-state index contributed by atoms with van der Waals surface area (Å²) in [6, 6.07) is 8.19. The second kappa shape index (κ2) is 12.1. The van der Waals surface area contributed by atoms with Crippen LogP contribution in [0.25, 0.3) is 0 Å². The summed E-state index contributed by atoms with van der Waals surface area (Å²) in [5, 5.41) is 1.09. The van der Waals surface area contributed by atoms with Gasteiger partial charge in [-0.1, -0.05) is 0 Å². The van der Waals surface area contributed by atoms with Gasteiger partial charge in [0.25, 0.3) is 0 Å². The van der Waals surface area contributed by atoms with Crippen molar-refractivity contribution in [2.24, 2.45) is 0 Å². The smallest absolute Gasteiger partial charge is 0.433 e. The highest BCUT2D eigenvalue weighted by Gasteiger charge is 2.25. The van der Waals surface area contributed by atoms with E-state index in [-0.39, 0.29) is 41.8 Å². The molecule has 2 aromatic carbocycles. The first-order valence-electron chi connectivity index (χ1n) is 11.8. The molecular weight excluding hydrogens is 510 g/mol. The average Bonchev–Trinajstić information content (AvgIpc) is 2.91. The zero-order valence-electron chi connectivity index (χ0n) is 21.5. The molecule has 0 bridgehead atoms. The summed E-state index contributed by atoms with van der Waals surface area (Å²) in [5.74, 6) is -0.615. The average molecular weight is 537 g/mol. The van der Waals surface area contributed by atoms with Crippen molar-refractivity contribution in [1.29, 1.82) is 0 Å². The van der Waals surface area contributed by atoms with Crippen molar-refractivity contribution in [1.82, 2.24) is 19.9 Å². The fourth-order valence-electron chi connectivity index (χ4n) is 3.24. The van der Waals surface area contributed by atoms with Gasteiger partial charge in [0.15, 0.2) is 0 Å². The van der Waals surface area contributed by atoms with Crippen molar-refractivity contribution in [2.75, 3.05) is 10.4 Å². The highest BCUT2D eigenvalue weighted by atomic mass is 19.1. The first kappa shape index (κ1) is 27.2. The molecule has 4 rings (SSSR count). The Morgan fingerprint density at radius 1 is 0.846 bits per heavy atom. The van der Waals surface area contributed by atoms with Crippen LogP contribution in [0.2, 0.25) is 0 Å². The second-order valence-corrected chi connectivity index (χ2v) is 9.17. The van der Waals surface area contributed by atoms with Crippen LogP contribution in [0.4, 0.5) is 25.0 Å². The summed E-state index contributed by atoms with van der Waals surface area (Å²) in [6.07, 6.45) is 7.92. The van der Waals surface area contributed by atoms with E-state index in [0.29, 0.717) is 5.69 Å². The molecule has 0 aliphatic carbocycles. The number of nitrogens with zero attached hydrogens (tertiary/aromatic N) is 5. The molecule has 2 heterocycles. The molecule has 0 atom stereocenters. The number of anilines is 2. The van der Waals surface area contributed by atoms with Crippen molar-refractivity contribution in [3.8, 4) is 11.8 Å². The first-order chi connectivity index (χ1) is 18.7. The maximum Gasteiger partial charge on any atom is 0.433 e. The third kappa shape index (κ3) is 7.81. The molecule has 39 heavy (non-hydrogen) atoms. The number of benzene rings is 2. The third-order valence-electron chi connectivity index (χ3n) is 4.98. The van der Waals surface area contributed by atoms with E-state index in [1.54, 1.807) is 20.8 Å². The van der Waals surface area contributed by atoms with Gasteiger partial charge < -0.3 is 14.2 Å². The fraction of sp³-hybridized carbons (Fsp3) is 0.222. The number of rotatable bonds is 9. The topological polar surface area (TPSA) is 112 Å². The highest BCUT2D eigenvalue weighted by molar-refractivity contribution is 5.90. The fourth-order valence-corrected chi connectivity index (χ4v) is 3.24. The minimum Gasteiger partial charge on any atom is -0.472 e. The van der Waals surface area contributed by atoms with E-state index in [4.69, 9.17) is 14.2 Å². The summed E-state index contributed by atoms with van der Waals surface area (Å²) in [4.78, 5) is 29.0. The van der Waals surface area contributed by atoms with Gasteiger partial charge in [-0.3, -0.25) is 15.4 Å². The summed E-state index contributed by atoms with van der Waals surface area (Å²) in [5.41, 5.74) is 3.06.